The molecule has 1 amide bonds. The van der Waals surface area contributed by atoms with E-state index in [0.717, 1.165) is 12.8 Å². The van der Waals surface area contributed by atoms with Gasteiger partial charge in [-0.1, -0.05) is 54.6 Å². The lowest BCUT2D eigenvalue weighted by Gasteiger charge is -2.32. The Balaban J connectivity index is 1.46. The summed E-state index contributed by atoms with van der Waals surface area (Å²) in [5.41, 5.74) is 0.981. The molecule has 0 unspecified atom stereocenters. The number of anilines is 1. The third-order valence-electron chi connectivity index (χ3n) is 7.71. The van der Waals surface area contributed by atoms with Crippen molar-refractivity contribution in [2.45, 2.75) is 43.0 Å². The Hall–Kier alpha value is -3.78. The standard InChI is InChI=1S/C27H24FN3O4/c28-20-11-4-1-8-17(20)16-35-23-14-6-2-9-18(23)24-22-13-7-15-30(22)27(25(24)31(33)34)19-10-3-5-12-21(19)29-26(27)32/h1-6,8-12,14,22,24-25H,7,13,15-16H2,(H,29,32)/t22-,24+,25-,27+/m1/s1. The number of carbonyl (C=O) groups excluding carboxylic acids is 1. The molecular weight excluding hydrogens is 449 g/mol. The average Bonchev–Trinajstić information content (AvgIpc) is 3.52. The second-order valence-corrected chi connectivity index (χ2v) is 9.34. The van der Waals surface area contributed by atoms with Gasteiger partial charge in [-0.15, -0.1) is 0 Å². The number of nitrogens with one attached hydrogen (secondary N) is 1. The molecular formula is C27H24FN3O4. The molecule has 3 aromatic carbocycles. The van der Waals surface area contributed by atoms with E-state index in [1.54, 1.807) is 36.4 Å². The van der Waals surface area contributed by atoms with E-state index >= 15 is 0 Å². The van der Waals surface area contributed by atoms with Crippen LogP contribution in [-0.4, -0.2) is 34.4 Å². The highest BCUT2D eigenvalue weighted by molar-refractivity contribution is 6.07. The maximum Gasteiger partial charge on any atom is 0.256 e. The minimum absolute atomic E-state index is 0.00236. The molecule has 0 radical (unpaired) electrons. The number of hydrogen-bond donors (Lipinski definition) is 1. The van der Waals surface area contributed by atoms with Crippen LogP contribution in [0.15, 0.2) is 72.8 Å². The van der Waals surface area contributed by atoms with E-state index in [9.17, 15) is 19.3 Å². The number of hydrogen-bond acceptors (Lipinski definition) is 5. The van der Waals surface area contributed by atoms with Gasteiger partial charge in [0.15, 0.2) is 5.54 Å². The zero-order valence-corrected chi connectivity index (χ0v) is 18.9. The Morgan fingerprint density at radius 1 is 1.09 bits per heavy atom. The van der Waals surface area contributed by atoms with Crippen LogP contribution in [0.3, 0.4) is 0 Å². The summed E-state index contributed by atoms with van der Waals surface area (Å²) in [5, 5.41) is 15.7. The average molecular weight is 474 g/mol. The fourth-order valence-corrected chi connectivity index (χ4v) is 6.41. The third-order valence-corrected chi connectivity index (χ3v) is 7.71. The number of para-hydroxylation sites is 2. The van der Waals surface area contributed by atoms with Crippen molar-refractivity contribution in [3.05, 3.63) is 105 Å². The van der Waals surface area contributed by atoms with Crippen LogP contribution >= 0.6 is 0 Å². The summed E-state index contributed by atoms with van der Waals surface area (Å²) in [4.78, 5) is 28.1. The van der Waals surface area contributed by atoms with Crippen molar-refractivity contribution in [1.82, 2.24) is 4.90 Å². The van der Waals surface area contributed by atoms with Gasteiger partial charge in [0.2, 0.25) is 0 Å². The molecule has 1 spiro atoms. The predicted octanol–water partition coefficient (Wildman–Crippen LogP) is 4.46. The van der Waals surface area contributed by atoms with E-state index < -0.39 is 17.5 Å². The van der Waals surface area contributed by atoms with E-state index in [2.05, 4.69) is 5.32 Å². The number of nitro groups is 1. The molecule has 6 rings (SSSR count). The van der Waals surface area contributed by atoms with Gasteiger partial charge >= 0.3 is 0 Å². The zero-order valence-electron chi connectivity index (χ0n) is 18.9. The van der Waals surface area contributed by atoms with E-state index in [1.165, 1.54) is 6.07 Å². The molecule has 1 N–H and O–H groups in total. The number of ether oxygens (including phenoxy) is 1. The molecule has 0 saturated carbocycles. The van der Waals surface area contributed by atoms with Gasteiger partial charge in [0, 0.05) is 39.9 Å². The number of nitrogens with zero attached hydrogens (tertiary/aromatic N) is 2. The van der Waals surface area contributed by atoms with Gasteiger partial charge in [-0.2, -0.15) is 0 Å². The molecule has 35 heavy (non-hydrogen) atoms. The highest BCUT2D eigenvalue weighted by atomic mass is 19.1. The first-order valence-corrected chi connectivity index (χ1v) is 11.8. The van der Waals surface area contributed by atoms with E-state index in [0.29, 0.717) is 34.7 Å². The van der Waals surface area contributed by atoms with Crippen molar-refractivity contribution >= 4 is 11.6 Å². The van der Waals surface area contributed by atoms with E-state index in [1.807, 2.05) is 35.2 Å². The summed E-state index contributed by atoms with van der Waals surface area (Å²) in [7, 11) is 0. The minimum atomic E-state index is -1.38. The predicted molar refractivity (Wildman–Crippen MR) is 127 cm³/mol. The second-order valence-electron chi connectivity index (χ2n) is 9.34. The lowest BCUT2D eigenvalue weighted by Crippen LogP contribution is -2.55. The van der Waals surface area contributed by atoms with Crippen LogP contribution in [0, 0.1) is 15.9 Å². The number of carbonyl (C=O) groups is 1. The molecule has 0 bridgehead atoms. The zero-order chi connectivity index (χ0) is 24.2. The van der Waals surface area contributed by atoms with Crippen LogP contribution in [0.25, 0.3) is 0 Å². The van der Waals surface area contributed by atoms with Gasteiger partial charge in [-0.05, 0) is 31.0 Å². The molecule has 3 heterocycles. The molecule has 2 saturated heterocycles. The van der Waals surface area contributed by atoms with Gasteiger partial charge in [-0.3, -0.25) is 19.8 Å². The van der Waals surface area contributed by atoms with Gasteiger partial charge < -0.3 is 10.1 Å². The van der Waals surface area contributed by atoms with Gasteiger partial charge in [-0.25, -0.2) is 4.39 Å². The Kier molecular flexibility index (Phi) is 5.07. The monoisotopic (exact) mass is 473 g/mol. The van der Waals surface area contributed by atoms with Crippen molar-refractivity contribution in [2.75, 3.05) is 11.9 Å². The molecule has 7 nitrogen and oxygen atoms in total. The van der Waals surface area contributed by atoms with E-state index in [4.69, 9.17) is 4.74 Å². The summed E-state index contributed by atoms with van der Waals surface area (Å²) in [5.74, 6) is -0.807. The highest BCUT2D eigenvalue weighted by Gasteiger charge is 2.73. The Morgan fingerprint density at radius 2 is 1.83 bits per heavy atom. The molecule has 8 heteroatoms. The Labute approximate surface area is 201 Å². The van der Waals surface area contributed by atoms with Crippen molar-refractivity contribution in [3.63, 3.8) is 0 Å². The van der Waals surface area contributed by atoms with E-state index in [-0.39, 0.29) is 29.3 Å². The molecule has 3 aliphatic heterocycles. The number of fused-ring (bicyclic) bond motifs is 4. The maximum atomic E-state index is 14.2. The van der Waals surface area contributed by atoms with Gasteiger partial charge in [0.25, 0.3) is 11.9 Å². The molecule has 3 aromatic rings. The first-order chi connectivity index (χ1) is 17.0. The maximum absolute atomic E-state index is 14.2. The SMILES string of the molecule is O=C1Nc2ccccc2[C@]12[C@H]([N+](=O)[O-])[C@@H](c1ccccc1OCc1ccccc1F)[C@H]1CCCN12. The fraction of sp³-hybridized carbons (Fsp3) is 0.296. The van der Waals surface area contributed by atoms with Crippen molar-refractivity contribution in [3.8, 4) is 5.75 Å². The van der Waals surface area contributed by atoms with Gasteiger partial charge in [0.05, 0.1) is 5.92 Å². The molecule has 0 aliphatic carbocycles. The van der Waals surface area contributed by atoms with Crippen LogP contribution in [0.4, 0.5) is 10.1 Å². The molecule has 0 aromatic heterocycles. The van der Waals surface area contributed by atoms with Crippen LogP contribution in [0.5, 0.6) is 5.75 Å². The molecule has 4 atom stereocenters. The largest absolute Gasteiger partial charge is 0.488 e. The lowest BCUT2D eigenvalue weighted by atomic mass is 9.77. The quantitative estimate of drug-likeness (QED) is 0.437. The normalized spacial score (nSPS) is 27.0. The van der Waals surface area contributed by atoms with Crippen molar-refractivity contribution < 1.29 is 18.8 Å². The summed E-state index contributed by atoms with van der Waals surface area (Å²) in [6.07, 6.45) is 1.59. The smallest absolute Gasteiger partial charge is 0.256 e. The number of rotatable bonds is 5. The number of benzene rings is 3. The first kappa shape index (κ1) is 21.7. The van der Waals surface area contributed by atoms with Crippen LogP contribution in [-0.2, 0) is 16.9 Å². The Morgan fingerprint density at radius 3 is 2.66 bits per heavy atom. The topological polar surface area (TPSA) is 84.7 Å². The molecule has 2 fully saturated rings. The fourth-order valence-electron chi connectivity index (χ4n) is 6.41. The summed E-state index contributed by atoms with van der Waals surface area (Å²) in [6.45, 7) is 0.605. The summed E-state index contributed by atoms with van der Waals surface area (Å²) >= 11 is 0. The van der Waals surface area contributed by atoms with Crippen molar-refractivity contribution in [1.29, 1.82) is 0 Å². The lowest BCUT2D eigenvalue weighted by molar-refractivity contribution is -0.534. The third kappa shape index (κ3) is 3.09. The minimum Gasteiger partial charge on any atom is -0.488 e. The Bertz CT molecular complexity index is 1330. The van der Waals surface area contributed by atoms with Crippen LogP contribution < -0.4 is 10.1 Å². The van der Waals surface area contributed by atoms with Crippen LogP contribution in [0.2, 0.25) is 0 Å². The molecule has 178 valence electrons. The summed E-state index contributed by atoms with van der Waals surface area (Å²) < 4.78 is 20.3. The van der Waals surface area contributed by atoms with Crippen LogP contribution in [0.1, 0.15) is 35.4 Å². The van der Waals surface area contributed by atoms with Gasteiger partial charge in [0.1, 0.15) is 18.2 Å². The first-order valence-electron chi connectivity index (χ1n) is 11.8. The summed E-state index contributed by atoms with van der Waals surface area (Å²) in [6, 6.07) is 19.5. The second kappa shape index (κ2) is 8.16. The highest BCUT2D eigenvalue weighted by Crippen LogP contribution is 2.58. The number of amides is 1. The molecule has 3 aliphatic rings. The van der Waals surface area contributed by atoms with Crippen molar-refractivity contribution in [2.24, 2.45) is 0 Å². The number of halogens is 1.